The van der Waals surface area contributed by atoms with E-state index >= 15 is 0 Å². The largest absolute Gasteiger partial charge is 0.497 e. The Kier molecular flexibility index (Phi) is 4.72. The van der Waals surface area contributed by atoms with Gasteiger partial charge < -0.3 is 9.47 Å². The monoisotopic (exact) mass is 348 g/mol. The van der Waals surface area contributed by atoms with E-state index in [-0.39, 0.29) is 32.5 Å². The molecule has 0 N–H and O–H groups in total. The normalized spacial score (nSPS) is 10.3. The molecule has 0 radical (unpaired) electrons. The quantitative estimate of drug-likeness (QED) is 0.452. The third-order valence-corrected chi connectivity index (χ3v) is 3.37. The van der Waals surface area contributed by atoms with E-state index in [2.05, 4.69) is 4.98 Å². The molecule has 0 saturated heterocycles. The van der Waals surface area contributed by atoms with E-state index in [4.69, 9.17) is 44.3 Å². The van der Waals surface area contributed by atoms with Crippen LogP contribution in [0.15, 0.2) is 24.3 Å². The van der Waals surface area contributed by atoms with Gasteiger partial charge in [-0.15, -0.1) is 0 Å². The molecule has 2 rings (SSSR count). The third-order valence-electron chi connectivity index (χ3n) is 2.42. The first-order valence-electron chi connectivity index (χ1n) is 5.44. The molecule has 0 atom stereocenters. The van der Waals surface area contributed by atoms with Gasteiger partial charge in [-0.1, -0.05) is 34.8 Å². The first kappa shape index (κ1) is 15.6. The topological polar surface area (TPSA) is 74.5 Å². The van der Waals surface area contributed by atoms with Crippen molar-refractivity contribution in [2.45, 2.75) is 0 Å². The highest BCUT2D eigenvalue weighted by Crippen LogP contribution is 2.38. The van der Waals surface area contributed by atoms with E-state index in [0.717, 1.165) is 0 Å². The van der Waals surface area contributed by atoms with E-state index in [1.54, 1.807) is 0 Å². The van der Waals surface area contributed by atoms with Gasteiger partial charge in [-0.2, -0.15) is 4.98 Å². The van der Waals surface area contributed by atoms with Gasteiger partial charge in [-0.25, -0.2) is 0 Å². The molecule has 2 aromatic rings. The second-order valence-corrected chi connectivity index (χ2v) is 4.91. The van der Waals surface area contributed by atoms with Crippen molar-refractivity contribution >= 4 is 40.5 Å². The molecule has 0 amide bonds. The molecule has 0 aliphatic heterocycles. The Hall–Kier alpha value is -1.76. The van der Waals surface area contributed by atoms with Crippen LogP contribution in [-0.2, 0) is 0 Å². The van der Waals surface area contributed by atoms with Crippen molar-refractivity contribution in [3.05, 3.63) is 49.6 Å². The number of nitrogens with zero attached hydrogens (tertiary/aromatic N) is 2. The fourth-order valence-electron chi connectivity index (χ4n) is 1.46. The predicted molar refractivity (Wildman–Crippen MR) is 79.0 cm³/mol. The molecule has 6 nitrogen and oxygen atoms in total. The van der Waals surface area contributed by atoms with Crippen LogP contribution >= 0.6 is 34.8 Å². The molecular formula is C12H7Cl3N2O4. The van der Waals surface area contributed by atoms with Crippen LogP contribution in [0.2, 0.25) is 15.2 Å². The number of nitro benzene ring substituents is 1. The first-order chi connectivity index (χ1) is 9.92. The Labute approximate surface area is 134 Å². The van der Waals surface area contributed by atoms with Crippen molar-refractivity contribution in [1.29, 1.82) is 0 Å². The number of benzene rings is 1. The van der Waals surface area contributed by atoms with Gasteiger partial charge in [-0.05, 0) is 12.1 Å². The van der Waals surface area contributed by atoms with Crippen LogP contribution in [0, 0.1) is 10.1 Å². The zero-order chi connectivity index (χ0) is 15.6. The van der Waals surface area contributed by atoms with Crippen LogP contribution in [0.25, 0.3) is 0 Å². The van der Waals surface area contributed by atoms with E-state index in [1.807, 2.05) is 0 Å². The van der Waals surface area contributed by atoms with Gasteiger partial charge in [0.25, 0.3) is 0 Å². The minimum Gasteiger partial charge on any atom is -0.497 e. The Bertz CT molecular complexity index is 709. The van der Waals surface area contributed by atoms with Gasteiger partial charge in [0.2, 0.25) is 11.6 Å². The van der Waals surface area contributed by atoms with E-state index in [9.17, 15) is 10.1 Å². The van der Waals surface area contributed by atoms with Crippen molar-refractivity contribution in [3.63, 3.8) is 0 Å². The second-order valence-electron chi connectivity index (χ2n) is 3.74. The van der Waals surface area contributed by atoms with Crippen molar-refractivity contribution in [2.24, 2.45) is 0 Å². The van der Waals surface area contributed by atoms with Crippen molar-refractivity contribution in [1.82, 2.24) is 4.98 Å². The number of nitro groups is 1. The van der Waals surface area contributed by atoms with E-state index < -0.39 is 4.92 Å². The van der Waals surface area contributed by atoms with Crippen molar-refractivity contribution < 1.29 is 14.4 Å². The molecule has 0 aliphatic carbocycles. The highest BCUT2D eigenvalue weighted by molar-refractivity contribution is 6.42. The molecule has 1 aromatic heterocycles. The number of ether oxygens (including phenoxy) is 2. The van der Waals surface area contributed by atoms with Gasteiger partial charge in [0.15, 0.2) is 5.15 Å². The number of aromatic nitrogens is 1. The highest BCUT2D eigenvalue weighted by atomic mass is 35.5. The molecule has 0 unspecified atom stereocenters. The molecule has 0 aliphatic rings. The molecule has 0 saturated carbocycles. The Morgan fingerprint density at radius 3 is 2.52 bits per heavy atom. The van der Waals surface area contributed by atoms with Gasteiger partial charge in [0.1, 0.15) is 10.8 Å². The SMILES string of the molecule is COc1ccc([N+](=O)[O-])c(Oc2nc(Cl)c(Cl)cc2Cl)c1. The minimum absolute atomic E-state index is 0.0263. The number of pyridine rings is 1. The number of halogens is 3. The maximum absolute atomic E-state index is 11.0. The average molecular weight is 350 g/mol. The Balaban J connectivity index is 2.47. The third kappa shape index (κ3) is 3.47. The molecule has 0 fully saturated rings. The van der Waals surface area contributed by atoms with Crippen LogP contribution < -0.4 is 9.47 Å². The summed E-state index contributed by atoms with van der Waals surface area (Å²) < 4.78 is 10.4. The van der Waals surface area contributed by atoms with E-state index in [0.29, 0.717) is 5.75 Å². The zero-order valence-corrected chi connectivity index (χ0v) is 12.7. The summed E-state index contributed by atoms with van der Waals surface area (Å²) in [5.74, 6) is 0.210. The van der Waals surface area contributed by atoms with Crippen molar-refractivity contribution in [2.75, 3.05) is 7.11 Å². The number of hydrogen-bond donors (Lipinski definition) is 0. The Morgan fingerprint density at radius 1 is 1.19 bits per heavy atom. The summed E-state index contributed by atoms with van der Waals surface area (Å²) in [6, 6.07) is 5.37. The lowest BCUT2D eigenvalue weighted by Gasteiger charge is -2.09. The molecule has 1 aromatic carbocycles. The lowest BCUT2D eigenvalue weighted by atomic mass is 10.3. The lowest BCUT2D eigenvalue weighted by Crippen LogP contribution is -1.96. The van der Waals surface area contributed by atoms with Gasteiger partial charge in [0, 0.05) is 12.1 Å². The lowest BCUT2D eigenvalue weighted by molar-refractivity contribution is -0.385. The van der Waals surface area contributed by atoms with Gasteiger partial charge in [0.05, 0.1) is 17.1 Å². The van der Waals surface area contributed by atoms with Crippen LogP contribution in [0.3, 0.4) is 0 Å². The van der Waals surface area contributed by atoms with Crippen LogP contribution in [0.5, 0.6) is 17.4 Å². The maximum Gasteiger partial charge on any atom is 0.311 e. The molecule has 110 valence electrons. The minimum atomic E-state index is -0.597. The number of methoxy groups -OCH3 is 1. The molecule has 9 heteroatoms. The fourth-order valence-corrected chi connectivity index (χ4v) is 1.99. The Morgan fingerprint density at radius 2 is 1.90 bits per heavy atom. The van der Waals surface area contributed by atoms with Crippen LogP contribution in [-0.4, -0.2) is 17.0 Å². The standard InChI is InChI=1S/C12H7Cl3N2O4/c1-20-6-2-3-9(17(18)19)10(4-6)21-12-8(14)5-7(13)11(15)16-12/h2-5H,1H3. The summed E-state index contributed by atoms with van der Waals surface area (Å²) in [4.78, 5) is 14.2. The number of hydrogen-bond acceptors (Lipinski definition) is 5. The number of rotatable bonds is 4. The summed E-state index contributed by atoms with van der Waals surface area (Å²) in [6.45, 7) is 0. The summed E-state index contributed by atoms with van der Waals surface area (Å²) in [6.07, 6.45) is 0. The fraction of sp³-hybridized carbons (Fsp3) is 0.0833. The summed E-state index contributed by atoms with van der Waals surface area (Å²) in [5.41, 5.74) is -0.264. The summed E-state index contributed by atoms with van der Waals surface area (Å²) >= 11 is 17.5. The maximum atomic E-state index is 11.0. The van der Waals surface area contributed by atoms with Gasteiger partial charge >= 0.3 is 5.69 Å². The van der Waals surface area contributed by atoms with Gasteiger partial charge in [-0.3, -0.25) is 10.1 Å². The molecule has 0 bridgehead atoms. The van der Waals surface area contributed by atoms with E-state index in [1.165, 1.54) is 31.4 Å². The first-order valence-corrected chi connectivity index (χ1v) is 6.57. The van der Waals surface area contributed by atoms with Crippen molar-refractivity contribution in [3.8, 4) is 17.4 Å². The predicted octanol–water partition coefficient (Wildman–Crippen LogP) is 4.75. The molecule has 1 heterocycles. The van der Waals surface area contributed by atoms with Crippen LogP contribution in [0.4, 0.5) is 5.69 Å². The molecule has 0 spiro atoms. The zero-order valence-electron chi connectivity index (χ0n) is 10.5. The highest BCUT2D eigenvalue weighted by Gasteiger charge is 2.19. The second kappa shape index (κ2) is 6.34. The average Bonchev–Trinajstić information content (AvgIpc) is 2.44. The summed E-state index contributed by atoms with van der Waals surface area (Å²) in [7, 11) is 1.43. The smallest absolute Gasteiger partial charge is 0.311 e. The molecule has 21 heavy (non-hydrogen) atoms. The summed E-state index contributed by atoms with van der Waals surface area (Å²) in [5, 5.41) is 11.2. The van der Waals surface area contributed by atoms with Crippen LogP contribution in [0.1, 0.15) is 0 Å². The molecular weight excluding hydrogens is 343 g/mol.